The molecule has 4 rings (SSSR count). The van der Waals surface area contributed by atoms with Crippen LogP contribution in [0.4, 0.5) is 11.8 Å². The second-order valence-corrected chi connectivity index (χ2v) is 9.02. The lowest BCUT2D eigenvalue weighted by atomic mass is 10.1. The zero-order chi connectivity index (χ0) is 23.2. The highest BCUT2D eigenvalue weighted by atomic mass is 79.9. The molecule has 0 saturated carbocycles. The molecule has 0 radical (unpaired) electrons. The van der Waals surface area contributed by atoms with Crippen molar-refractivity contribution in [2.24, 2.45) is 0 Å². The number of fused-ring (bicyclic) bond motifs is 1. The number of halogens is 1. The predicted octanol–water partition coefficient (Wildman–Crippen LogP) is 3.71. The van der Waals surface area contributed by atoms with Gasteiger partial charge in [-0.2, -0.15) is 10.1 Å². The van der Waals surface area contributed by atoms with Gasteiger partial charge >= 0.3 is 0 Å². The number of nitrogens with zero attached hydrogens (tertiary/aromatic N) is 4. The first-order valence-electron chi connectivity index (χ1n) is 11.5. The highest BCUT2D eigenvalue weighted by Crippen LogP contribution is 2.30. The third-order valence-corrected chi connectivity index (χ3v) is 6.41. The van der Waals surface area contributed by atoms with E-state index in [2.05, 4.69) is 66.8 Å². The highest BCUT2D eigenvalue weighted by molar-refractivity contribution is 9.10. The smallest absolute Gasteiger partial charge is 0.222 e. The maximum Gasteiger partial charge on any atom is 0.222 e. The van der Waals surface area contributed by atoms with Crippen molar-refractivity contribution in [1.29, 1.82) is 0 Å². The average Bonchev–Trinajstić information content (AvgIpc) is 3.14. The summed E-state index contributed by atoms with van der Waals surface area (Å²) in [7, 11) is 1.70. The number of nitrogens with two attached hydrogens (primary N) is 1. The molecule has 1 aliphatic rings. The van der Waals surface area contributed by atoms with Gasteiger partial charge in [-0.25, -0.2) is 4.98 Å². The molecule has 0 amide bonds. The third kappa shape index (κ3) is 5.74. The number of unbranched alkanes of at least 4 members (excludes halogenated alkanes) is 1. The quantitative estimate of drug-likeness (QED) is 0.349. The van der Waals surface area contributed by atoms with Crippen molar-refractivity contribution in [3.63, 3.8) is 0 Å². The lowest BCUT2D eigenvalue weighted by Gasteiger charge is -2.23. The van der Waals surface area contributed by atoms with Gasteiger partial charge in [0.25, 0.3) is 0 Å². The van der Waals surface area contributed by atoms with Gasteiger partial charge in [0.1, 0.15) is 16.8 Å². The van der Waals surface area contributed by atoms with E-state index in [9.17, 15) is 0 Å². The van der Waals surface area contributed by atoms with E-state index in [1.807, 2.05) is 4.68 Å². The van der Waals surface area contributed by atoms with E-state index in [-0.39, 0.29) is 5.95 Å². The Kier molecular flexibility index (Phi) is 8.00. The van der Waals surface area contributed by atoms with E-state index >= 15 is 0 Å². The lowest BCUT2D eigenvalue weighted by molar-refractivity contribution is 0.0776. The number of nitrogen functional groups attached to an aromatic ring is 1. The summed E-state index contributed by atoms with van der Waals surface area (Å²) in [5.41, 5.74) is 9.68. The first-order valence-corrected chi connectivity index (χ1v) is 12.3. The fourth-order valence-electron chi connectivity index (χ4n) is 4.04. The molecule has 0 atom stereocenters. The molecule has 4 N–H and O–H groups in total. The largest absolute Gasteiger partial charge is 0.496 e. The average molecular weight is 518 g/mol. The number of hydrogen-bond acceptors (Lipinski definition) is 8. The minimum Gasteiger partial charge on any atom is -0.496 e. The minimum atomic E-state index is 0.223. The minimum absolute atomic E-state index is 0.223. The van der Waals surface area contributed by atoms with Gasteiger partial charge < -0.3 is 25.8 Å². The van der Waals surface area contributed by atoms with E-state index in [1.165, 1.54) is 5.56 Å². The van der Waals surface area contributed by atoms with Crippen LogP contribution in [0.3, 0.4) is 0 Å². The number of aromatic nitrogens is 4. The Bertz CT molecular complexity index is 1080. The lowest BCUT2D eigenvalue weighted by Crippen LogP contribution is -2.34. The van der Waals surface area contributed by atoms with Crippen LogP contribution in [-0.4, -0.2) is 52.7 Å². The summed E-state index contributed by atoms with van der Waals surface area (Å²) in [6.45, 7) is 5.95. The van der Waals surface area contributed by atoms with Crippen LogP contribution >= 0.6 is 15.9 Å². The summed E-state index contributed by atoms with van der Waals surface area (Å²) >= 11 is 3.53. The molecule has 10 heteroatoms. The van der Waals surface area contributed by atoms with Crippen molar-refractivity contribution in [2.75, 3.05) is 37.9 Å². The first kappa shape index (κ1) is 23.7. The van der Waals surface area contributed by atoms with Crippen molar-refractivity contribution in [3.8, 4) is 5.75 Å². The summed E-state index contributed by atoms with van der Waals surface area (Å²) in [4.78, 5) is 8.84. The van der Waals surface area contributed by atoms with Gasteiger partial charge in [0, 0.05) is 37.9 Å². The van der Waals surface area contributed by atoms with Crippen LogP contribution in [0.25, 0.3) is 11.0 Å². The van der Waals surface area contributed by atoms with Crippen LogP contribution < -0.4 is 21.1 Å². The van der Waals surface area contributed by atoms with Gasteiger partial charge in [-0.1, -0.05) is 25.5 Å². The Labute approximate surface area is 202 Å². The summed E-state index contributed by atoms with van der Waals surface area (Å²) in [5, 5.41) is 11.7. The molecule has 1 aromatic carbocycles. The molecular weight excluding hydrogens is 486 g/mol. The van der Waals surface area contributed by atoms with Gasteiger partial charge in [0.15, 0.2) is 10.4 Å². The van der Waals surface area contributed by atoms with E-state index in [0.29, 0.717) is 28.5 Å². The van der Waals surface area contributed by atoms with Crippen LogP contribution in [0.5, 0.6) is 5.75 Å². The maximum atomic E-state index is 5.95. The van der Waals surface area contributed by atoms with Crippen molar-refractivity contribution in [2.45, 2.75) is 51.7 Å². The number of methoxy groups -OCH3 is 1. The monoisotopic (exact) mass is 517 g/mol. The molecule has 1 saturated heterocycles. The fraction of sp³-hybridized carbons (Fsp3) is 0.522. The second kappa shape index (κ2) is 11.1. The molecule has 1 aliphatic heterocycles. The normalized spacial score (nSPS) is 14.6. The first-order chi connectivity index (χ1) is 16.1. The van der Waals surface area contributed by atoms with Crippen LogP contribution in [0.1, 0.15) is 43.7 Å². The summed E-state index contributed by atoms with van der Waals surface area (Å²) in [5.74, 6) is 1.75. The molecule has 0 unspecified atom stereocenters. The number of nitrogens with one attached hydrogen (secondary N) is 2. The number of rotatable bonds is 10. The van der Waals surface area contributed by atoms with Crippen molar-refractivity contribution >= 4 is 38.7 Å². The molecule has 0 bridgehead atoms. The predicted molar refractivity (Wildman–Crippen MR) is 134 cm³/mol. The molecule has 0 spiro atoms. The third-order valence-electron chi connectivity index (χ3n) is 5.87. The Morgan fingerprint density at radius 2 is 2.09 bits per heavy atom. The summed E-state index contributed by atoms with van der Waals surface area (Å²) in [6.07, 6.45) is 4.24. The summed E-state index contributed by atoms with van der Waals surface area (Å²) in [6, 6.07) is 6.84. The van der Waals surface area contributed by atoms with E-state index < -0.39 is 0 Å². The number of anilines is 2. The topological polar surface area (TPSA) is 112 Å². The number of hydrogen-bond donors (Lipinski definition) is 3. The van der Waals surface area contributed by atoms with Crippen molar-refractivity contribution < 1.29 is 9.47 Å². The maximum absolute atomic E-state index is 5.95. The van der Waals surface area contributed by atoms with Crippen molar-refractivity contribution in [1.82, 2.24) is 25.1 Å². The highest BCUT2D eigenvalue weighted by Gasteiger charge is 2.18. The molecule has 2 aromatic heterocycles. The fourth-order valence-corrected chi connectivity index (χ4v) is 4.51. The standard InChI is InChI=1S/C23H32BrN7O2/c1-3-4-9-26-22-20-19(28-23(25)29-22)21(24)30-31(20)14-16-6-5-15(12-18(16)32-2)13-27-17-7-10-33-11-8-17/h5-6,12,17,27H,3-4,7-11,13-14H2,1-2H3,(H3,25,26,28,29). The number of benzene rings is 1. The number of ether oxygens (including phenoxy) is 2. The molecule has 3 aromatic rings. The van der Waals surface area contributed by atoms with Crippen molar-refractivity contribution in [3.05, 3.63) is 33.9 Å². The molecule has 33 heavy (non-hydrogen) atoms. The van der Waals surface area contributed by atoms with E-state index in [0.717, 1.165) is 68.8 Å². The van der Waals surface area contributed by atoms with Crippen LogP contribution in [0, 0.1) is 0 Å². The molecule has 9 nitrogen and oxygen atoms in total. The van der Waals surface area contributed by atoms with Crippen LogP contribution in [-0.2, 0) is 17.8 Å². The van der Waals surface area contributed by atoms with E-state index in [1.54, 1.807) is 7.11 Å². The SMILES string of the molecule is CCCCNc1nc(N)nc2c(Br)nn(Cc3ccc(CNC4CCOCC4)cc3OC)c12. The van der Waals surface area contributed by atoms with Crippen LogP contribution in [0.15, 0.2) is 22.8 Å². The molecule has 178 valence electrons. The molecular formula is C23H32BrN7O2. The van der Waals surface area contributed by atoms with Gasteiger partial charge in [-0.05, 0) is 46.8 Å². The van der Waals surface area contributed by atoms with Gasteiger partial charge in [0.05, 0.1) is 13.7 Å². The molecule has 1 fully saturated rings. The Morgan fingerprint density at radius 1 is 1.27 bits per heavy atom. The Morgan fingerprint density at radius 3 is 2.85 bits per heavy atom. The summed E-state index contributed by atoms with van der Waals surface area (Å²) < 4.78 is 13.7. The molecule has 3 heterocycles. The zero-order valence-electron chi connectivity index (χ0n) is 19.2. The second-order valence-electron chi connectivity index (χ2n) is 8.27. The van der Waals surface area contributed by atoms with Gasteiger partial charge in [-0.3, -0.25) is 4.68 Å². The molecule has 0 aliphatic carbocycles. The van der Waals surface area contributed by atoms with Gasteiger partial charge in [-0.15, -0.1) is 0 Å². The van der Waals surface area contributed by atoms with Crippen LogP contribution in [0.2, 0.25) is 0 Å². The van der Waals surface area contributed by atoms with Gasteiger partial charge in [0.2, 0.25) is 5.95 Å². The van der Waals surface area contributed by atoms with E-state index in [4.69, 9.17) is 15.2 Å². The Hall–Kier alpha value is -2.43. The Balaban J connectivity index is 1.56. The zero-order valence-corrected chi connectivity index (χ0v) is 20.8.